The summed E-state index contributed by atoms with van der Waals surface area (Å²) in [6.07, 6.45) is 0.460. The molecule has 1 aliphatic rings. The number of carbonyl (C=O) groups is 1. The van der Waals surface area contributed by atoms with E-state index in [2.05, 4.69) is 10.3 Å². The van der Waals surface area contributed by atoms with E-state index in [4.69, 9.17) is 10.5 Å². The van der Waals surface area contributed by atoms with Gasteiger partial charge in [0.05, 0.1) is 11.0 Å². The van der Waals surface area contributed by atoms with Crippen molar-refractivity contribution in [3.05, 3.63) is 34.7 Å². The minimum absolute atomic E-state index is 0.0443. The molecule has 0 fully saturated rings. The van der Waals surface area contributed by atoms with Gasteiger partial charge < -0.3 is 15.8 Å². The number of aromatic nitrogens is 1. The van der Waals surface area contributed by atoms with Crippen molar-refractivity contribution >= 4 is 28.2 Å². The molecule has 0 radical (unpaired) electrons. The summed E-state index contributed by atoms with van der Waals surface area (Å²) in [5.41, 5.74) is 6.79. The molecule has 0 unspecified atom stereocenters. The fourth-order valence-corrected chi connectivity index (χ4v) is 3.43. The van der Waals surface area contributed by atoms with Gasteiger partial charge in [-0.15, -0.1) is 0 Å². The smallest absolute Gasteiger partial charge is 0.226 e. The first-order chi connectivity index (χ1) is 10.0. The number of anilines is 2. The molecule has 1 aromatic carbocycles. The van der Waals surface area contributed by atoms with Gasteiger partial charge in [-0.3, -0.25) is 4.79 Å². The third kappa shape index (κ3) is 2.71. The largest absolute Gasteiger partial charge is 0.491 e. The standard InChI is InChI=1S/C15H17N3O2S/c1-8(2)20-11-6-4-3-5-9(11)10-7-12(19)17-14-13(10)21-15(16)18-14/h3-6,8,10H,7H2,1-2H3,(H2,16,18)(H,17,19)/t10-/m1/s1. The molecule has 2 heterocycles. The lowest BCUT2D eigenvalue weighted by atomic mass is 9.91. The van der Waals surface area contributed by atoms with E-state index in [0.717, 1.165) is 16.2 Å². The molecule has 2 aromatic rings. The van der Waals surface area contributed by atoms with E-state index in [1.807, 2.05) is 38.1 Å². The van der Waals surface area contributed by atoms with E-state index >= 15 is 0 Å². The van der Waals surface area contributed by atoms with Crippen molar-refractivity contribution in [2.45, 2.75) is 32.3 Å². The fourth-order valence-electron chi connectivity index (χ4n) is 2.52. The summed E-state index contributed by atoms with van der Waals surface area (Å²) in [7, 11) is 0. The molecule has 3 rings (SSSR count). The van der Waals surface area contributed by atoms with E-state index in [0.29, 0.717) is 17.4 Å². The lowest BCUT2D eigenvalue weighted by molar-refractivity contribution is -0.116. The normalized spacial score (nSPS) is 17.5. The number of nitrogens with zero attached hydrogens (tertiary/aromatic N) is 1. The first-order valence-electron chi connectivity index (χ1n) is 6.86. The maximum atomic E-state index is 11.9. The highest BCUT2D eigenvalue weighted by atomic mass is 32.1. The van der Waals surface area contributed by atoms with Crippen LogP contribution in [0.2, 0.25) is 0 Å². The highest BCUT2D eigenvalue weighted by molar-refractivity contribution is 7.16. The Morgan fingerprint density at radius 1 is 1.43 bits per heavy atom. The van der Waals surface area contributed by atoms with Gasteiger partial charge in [0.2, 0.25) is 5.91 Å². The van der Waals surface area contributed by atoms with Crippen molar-refractivity contribution in [2.24, 2.45) is 0 Å². The molecule has 6 heteroatoms. The second kappa shape index (κ2) is 5.37. The second-order valence-electron chi connectivity index (χ2n) is 5.27. The van der Waals surface area contributed by atoms with Crippen LogP contribution in [0, 0.1) is 0 Å². The van der Waals surface area contributed by atoms with E-state index in [1.165, 1.54) is 11.3 Å². The van der Waals surface area contributed by atoms with Crippen LogP contribution in [-0.2, 0) is 4.79 Å². The van der Waals surface area contributed by atoms with Gasteiger partial charge in [-0.1, -0.05) is 29.5 Å². The lowest BCUT2D eigenvalue weighted by Crippen LogP contribution is -2.23. The zero-order valence-electron chi connectivity index (χ0n) is 11.9. The number of amides is 1. The van der Waals surface area contributed by atoms with Crippen LogP contribution in [0.4, 0.5) is 10.9 Å². The zero-order chi connectivity index (χ0) is 15.0. The van der Waals surface area contributed by atoms with Gasteiger partial charge in [-0.2, -0.15) is 0 Å². The van der Waals surface area contributed by atoms with Gasteiger partial charge in [0, 0.05) is 17.9 Å². The Bertz CT molecular complexity index is 681. The molecule has 3 N–H and O–H groups in total. The summed E-state index contributed by atoms with van der Waals surface area (Å²) in [4.78, 5) is 17.1. The number of ether oxygens (including phenoxy) is 1. The second-order valence-corrected chi connectivity index (χ2v) is 6.34. The van der Waals surface area contributed by atoms with Crippen molar-refractivity contribution in [3.8, 4) is 5.75 Å². The van der Waals surface area contributed by atoms with Crippen molar-refractivity contribution in [1.82, 2.24) is 4.98 Å². The third-order valence-corrected chi connectivity index (χ3v) is 4.29. The van der Waals surface area contributed by atoms with Gasteiger partial charge in [0.15, 0.2) is 5.13 Å². The Morgan fingerprint density at radius 2 is 2.19 bits per heavy atom. The number of hydrogen-bond donors (Lipinski definition) is 2. The molecule has 110 valence electrons. The molecule has 1 amide bonds. The van der Waals surface area contributed by atoms with Gasteiger partial charge in [0.25, 0.3) is 0 Å². The lowest BCUT2D eigenvalue weighted by Gasteiger charge is -2.24. The highest BCUT2D eigenvalue weighted by Gasteiger charge is 2.31. The molecule has 0 saturated carbocycles. The van der Waals surface area contributed by atoms with Gasteiger partial charge in [0.1, 0.15) is 11.6 Å². The summed E-state index contributed by atoms with van der Waals surface area (Å²) in [5, 5.41) is 3.25. The van der Waals surface area contributed by atoms with E-state index in [-0.39, 0.29) is 17.9 Å². The first-order valence-corrected chi connectivity index (χ1v) is 7.68. The minimum atomic E-state index is -0.0569. The SMILES string of the molecule is CC(C)Oc1ccccc1[C@H]1CC(=O)Nc2nc(N)sc21. The maximum absolute atomic E-state index is 11.9. The van der Waals surface area contributed by atoms with Gasteiger partial charge in [-0.25, -0.2) is 4.98 Å². The monoisotopic (exact) mass is 303 g/mol. The topological polar surface area (TPSA) is 77.2 Å². The van der Waals surface area contributed by atoms with Crippen molar-refractivity contribution in [3.63, 3.8) is 0 Å². The Morgan fingerprint density at radius 3 is 2.95 bits per heavy atom. The van der Waals surface area contributed by atoms with Crippen LogP contribution in [0.3, 0.4) is 0 Å². The predicted octanol–water partition coefficient (Wildman–Crippen LogP) is 2.99. The highest BCUT2D eigenvalue weighted by Crippen LogP contribution is 2.44. The Hall–Kier alpha value is -2.08. The Labute approximate surface area is 127 Å². The van der Waals surface area contributed by atoms with Crippen LogP contribution in [0.15, 0.2) is 24.3 Å². The molecule has 0 spiro atoms. The van der Waals surface area contributed by atoms with Gasteiger partial charge >= 0.3 is 0 Å². The zero-order valence-corrected chi connectivity index (χ0v) is 12.7. The molecule has 5 nitrogen and oxygen atoms in total. The van der Waals surface area contributed by atoms with Gasteiger partial charge in [-0.05, 0) is 19.9 Å². The number of nitrogens with two attached hydrogens (primary N) is 1. The van der Waals surface area contributed by atoms with Crippen LogP contribution in [0.1, 0.15) is 36.6 Å². The molecule has 21 heavy (non-hydrogen) atoms. The van der Waals surface area contributed by atoms with Crippen LogP contribution >= 0.6 is 11.3 Å². The van der Waals surface area contributed by atoms with Crippen molar-refractivity contribution in [2.75, 3.05) is 11.1 Å². The molecule has 0 aliphatic carbocycles. The number of hydrogen-bond acceptors (Lipinski definition) is 5. The van der Waals surface area contributed by atoms with E-state index in [9.17, 15) is 4.79 Å². The summed E-state index contributed by atoms with van der Waals surface area (Å²) >= 11 is 1.42. The number of carbonyl (C=O) groups excluding carboxylic acids is 1. The average Bonchev–Trinajstić information content (AvgIpc) is 2.78. The summed E-state index contributed by atoms with van der Waals surface area (Å²) in [6.45, 7) is 3.97. The van der Waals surface area contributed by atoms with Crippen molar-refractivity contribution in [1.29, 1.82) is 0 Å². The minimum Gasteiger partial charge on any atom is -0.491 e. The average molecular weight is 303 g/mol. The maximum Gasteiger partial charge on any atom is 0.226 e. The number of nitrogen functional groups attached to an aromatic ring is 1. The predicted molar refractivity (Wildman–Crippen MR) is 83.8 cm³/mol. The number of nitrogens with one attached hydrogen (secondary N) is 1. The van der Waals surface area contributed by atoms with Crippen LogP contribution in [-0.4, -0.2) is 17.0 Å². The summed E-state index contributed by atoms with van der Waals surface area (Å²) < 4.78 is 5.88. The number of para-hydroxylation sites is 1. The van der Waals surface area contributed by atoms with E-state index < -0.39 is 0 Å². The first kappa shape index (κ1) is 13.9. The molecular weight excluding hydrogens is 286 g/mol. The van der Waals surface area contributed by atoms with Crippen LogP contribution in [0.25, 0.3) is 0 Å². The molecule has 1 aliphatic heterocycles. The van der Waals surface area contributed by atoms with E-state index in [1.54, 1.807) is 0 Å². The molecule has 0 saturated heterocycles. The molecule has 0 bridgehead atoms. The van der Waals surface area contributed by atoms with Crippen LogP contribution in [0.5, 0.6) is 5.75 Å². The fraction of sp³-hybridized carbons (Fsp3) is 0.333. The summed E-state index contributed by atoms with van der Waals surface area (Å²) in [5.74, 6) is 1.29. The quantitative estimate of drug-likeness (QED) is 0.914. The third-order valence-electron chi connectivity index (χ3n) is 3.29. The number of fused-ring (bicyclic) bond motifs is 1. The summed E-state index contributed by atoms with van der Waals surface area (Å²) in [6, 6.07) is 7.83. The molecule has 1 aromatic heterocycles. The molecule has 1 atom stereocenters. The number of rotatable bonds is 3. The Balaban J connectivity index is 2.06. The van der Waals surface area contributed by atoms with Crippen molar-refractivity contribution < 1.29 is 9.53 Å². The van der Waals surface area contributed by atoms with Crippen LogP contribution < -0.4 is 15.8 Å². The number of benzene rings is 1. The molecular formula is C15H17N3O2S. The number of thiazole rings is 1. The Kier molecular flexibility index (Phi) is 3.55.